The highest BCUT2D eigenvalue weighted by Gasteiger charge is 2.17. The Morgan fingerprint density at radius 3 is 2.13 bits per heavy atom. The molecule has 0 unspecified atom stereocenters. The summed E-state index contributed by atoms with van der Waals surface area (Å²) in [6, 6.07) is 14.1. The van der Waals surface area contributed by atoms with Crippen molar-refractivity contribution in [3.8, 4) is 0 Å². The first-order valence-corrected chi connectivity index (χ1v) is 13.9. The molecule has 206 valence electrons. The van der Waals surface area contributed by atoms with Crippen molar-refractivity contribution in [2.24, 2.45) is 0 Å². The number of aryl methyl sites for hydroxylation is 1. The largest absolute Gasteiger partial charge is 0.488 e. The van der Waals surface area contributed by atoms with Crippen LogP contribution in [0.5, 0.6) is 0 Å². The standard InChI is InChI=1S/C32H41BN2O4/c1-22(2)31(36)15-8-6-5-7-12-26-25-13-9-10-14-27(25)30(21-34-18-11-19-35-32(37)23(3)4)29-20-24(33(38)39)16-17-28(26)29/h9-10,13-14,16-17,20,34,38-39H,1,3,5-8,11-12,15,18-19,21H2,2,4H3,(H,35,37). The molecular formula is C32H41BN2O4. The second-order valence-corrected chi connectivity index (χ2v) is 10.4. The minimum Gasteiger partial charge on any atom is -0.423 e. The van der Waals surface area contributed by atoms with E-state index in [2.05, 4.69) is 42.0 Å². The number of amides is 1. The van der Waals surface area contributed by atoms with Crippen LogP contribution in [0.15, 0.2) is 66.8 Å². The fraction of sp³-hybridized carbons (Fsp3) is 0.375. The first-order valence-electron chi connectivity index (χ1n) is 13.9. The summed E-state index contributed by atoms with van der Waals surface area (Å²) in [5.74, 6) is 0.0210. The first-order chi connectivity index (χ1) is 18.7. The van der Waals surface area contributed by atoms with Crippen LogP contribution in [-0.4, -0.2) is 41.9 Å². The summed E-state index contributed by atoms with van der Waals surface area (Å²) < 4.78 is 0. The lowest BCUT2D eigenvalue weighted by atomic mass is 9.77. The lowest BCUT2D eigenvalue weighted by Gasteiger charge is -2.18. The molecule has 39 heavy (non-hydrogen) atoms. The number of Topliss-reactive ketones (excluding diaryl/α,β-unsaturated/α-hetero) is 1. The number of benzene rings is 3. The number of nitrogens with one attached hydrogen (secondary N) is 2. The summed E-state index contributed by atoms with van der Waals surface area (Å²) in [4.78, 5) is 23.5. The van der Waals surface area contributed by atoms with Gasteiger partial charge in [0.05, 0.1) is 0 Å². The van der Waals surface area contributed by atoms with Crippen molar-refractivity contribution in [3.05, 3.63) is 77.9 Å². The molecule has 0 radical (unpaired) electrons. The third-order valence-corrected chi connectivity index (χ3v) is 7.13. The number of hydrogen-bond donors (Lipinski definition) is 4. The molecule has 0 saturated heterocycles. The molecule has 3 rings (SSSR count). The predicted octanol–water partition coefficient (Wildman–Crippen LogP) is 4.48. The summed E-state index contributed by atoms with van der Waals surface area (Å²) >= 11 is 0. The van der Waals surface area contributed by atoms with Crippen LogP contribution < -0.4 is 16.1 Å². The summed E-state index contributed by atoms with van der Waals surface area (Å²) in [7, 11) is -1.54. The second kappa shape index (κ2) is 14.8. The van der Waals surface area contributed by atoms with Gasteiger partial charge in [0.2, 0.25) is 5.91 Å². The monoisotopic (exact) mass is 528 g/mol. The second-order valence-electron chi connectivity index (χ2n) is 10.4. The van der Waals surface area contributed by atoms with E-state index in [-0.39, 0.29) is 11.7 Å². The highest BCUT2D eigenvalue weighted by molar-refractivity contribution is 6.59. The molecule has 0 bridgehead atoms. The zero-order valence-electron chi connectivity index (χ0n) is 23.3. The van der Waals surface area contributed by atoms with Crippen molar-refractivity contribution in [1.29, 1.82) is 0 Å². The van der Waals surface area contributed by atoms with Crippen molar-refractivity contribution in [2.45, 2.75) is 65.3 Å². The quantitative estimate of drug-likeness (QED) is 0.0951. The minimum atomic E-state index is -1.54. The topological polar surface area (TPSA) is 98.7 Å². The third-order valence-electron chi connectivity index (χ3n) is 7.13. The molecule has 7 heteroatoms. The number of allylic oxidation sites excluding steroid dienone is 1. The Balaban J connectivity index is 1.80. The Morgan fingerprint density at radius 1 is 0.795 bits per heavy atom. The van der Waals surface area contributed by atoms with Gasteiger partial charge in [0, 0.05) is 25.1 Å². The molecular weight excluding hydrogens is 487 g/mol. The van der Waals surface area contributed by atoms with E-state index in [0.717, 1.165) is 66.8 Å². The molecule has 6 nitrogen and oxygen atoms in total. The van der Waals surface area contributed by atoms with E-state index >= 15 is 0 Å². The van der Waals surface area contributed by atoms with Gasteiger partial charge in [0.25, 0.3) is 0 Å². The van der Waals surface area contributed by atoms with Gasteiger partial charge >= 0.3 is 7.12 Å². The van der Waals surface area contributed by atoms with E-state index < -0.39 is 7.12 Å². The van der Waals surface area contributed by atoms with Gasteiger partial charge in [0.15, 0.2) is 5.78 Å². The number of carbonyl (C=O) groups excluding carboxylic acids is 2. The van der Waals surface area contributed by atoms with Crippen LogP contribution in [-0.2, 0) is 22.6 Å². The minimum absolute atomic E-state index is 0.127. The lowest BCUT2D eigenvalue weighted by molar-refractivity contribution is -0.117. The number of ketones is 1. The summed E-state index contributed by atoms with van der Waals surface area (Å²) in [6.07, 6.45) is 6.19. The molecule has 0 atom stereocenters. The predicted molar refractivity (Wildman–Crippen MR) is 162 cm³/mol. The molecule has 0 aromatic heterocycles. The van der Waals surface area contributed by atoms with Crippen LogP contribution >= 0.6 is 0 Å². The van der Waals surface area contributed by atoms with Gasteiger partial charge in [-0.1, -0.05) is 68.5 Å². The van der Waals surface area contributed by atoms with Crippen molar-refractivity contribution < 1.29 is 19.6 Å². The van der Waals surface area contributed by atoms with Gasteiger partial charge in [-0.2, -0.15) is 0 Å². The van der Waals surface area contributed by atoms with Gasteiger partial charge in [0.1, 0.15) is 0 Å². The zero-order valence-corrected chi connectivity index (χ0v) is 23.3. The average Bonchev–Trinajstić information content (AvgIpc) is 2.92. The maximum absolute atomic E-state index is 11.8. The van der Waals surface area contributed by atoms with E-state index in [1.165, 1.54) is 10.9 Å². The maximum atomic E-state index is 11.8. The number of carbonyl (C=O) groups is 2. The van der Waals surface area contributed by atoms with Crippen LogP contribution in [0.4, 0.5) is 0 Å². The SMILES string of the molecule is C=C(C)C(=O)CCCCCCc1c2ccccc2c(CNCCCNC(=O)C(=C)C)c2cc(B(O)O)ccc12. The smallest absolute Gasteiger partial charge is 0.423 e. The maximum Gasteiger partial charge on any atom is 0.488 e. The van der Waals surface area contributed by atoms with E-state index in [1.54, 1.807) is 19.9 Å². The van der Waals surface area contributed by atoms with Gasteiger partial charge in [-0.25, -0.2) is 0 Å². The molecule has 0 aliphatic rings. The van der Waals surface area contributed by atoms with Gasteiger partial charge in [-0.05, 0) is 89.8 Å². The van der Waals surface area contributed by atoms with Gasteiger partial charge in [-0.15, -0.1) is 0 Å². The van der Waals surface area contributed by atoms with Crippen LogP contribution in [0, 0.1) is 0 Å². The normalized spacial score (nSPS) is 11.1. The van der Waals surface area contributed by atoms with E-state index in [1.807, 2.05) is 18.2 Å². The Kier molecular flexibility index (Phi) is 11.5. The van der Waals surface area contributed by atoms with Crippen LogP contribution in [0.3, 0.4) is 0 Å². The molecule has 3 aromatic carbocycles. The summed E-state index contributed by atoms with van der Waals surface area (Å²) in [6.45, 7) is 12.8. The van der Waals surface area contributed by atoms with Crippen molar-refractivity contribution in [1.82, 2.24) is 10.6 Å². The number of unbranched alkanes of at least 4 members (excludes halogenated alkanes) is 3. The van der Waals surface area contributed by atoms with Crippen molar-refractivity contribution in [3.63, 3.8) is 0 Å². The number of rotatable bonds is 16. The fourth-order valence-corrected chi connectivity index (χ4v) is 4.93. The van der Waals surface area contributed by atoms with E-state index in [4.69, 9.17) is 0 Å². The van der Waals surface area contributed by atoms with Crippen LogP contribution in [0.1, 0.15) is 63.5 Å². The first kappa shape index (κ1) is 30.3. The summed E-state index contributed by atoms with van der Waals surface area (Å²) in [5.41, 5.74) is 3.99. The third kappa shape index (κ3) is 8.36. The van der Waals surface area contributed by atoms with Crippen molar-refractivity contribution in [2.75, 3.05) is 13.1 Å². The average molecular weight is 529 g/mol. The molecule has 0 aliphatic carbocycles. The van der Waals surface area contributed by atoms with E-state index in [0.29, 0.717) is 36.1 Å². The zero-order chi connectivity index (χ0) is 28.4. The molecule has 0 spiro atoms. The van der Waals surface area contributed by atoms with Gasteiger partial charge < -0.3 is 20.7 Å². The van der Waals surface area contributed by atoms with Crippen LogP contribution in [0.2, 0.25) is 0 Å². The van der Waals surface area contributed by atoms with Gasteiger partial charge in [-0.3, -0.25) is 9.59 Å². The molecule has 0 saturated carbocycles. The molecule has 1 amide bonds. The molecule has 0 fully saturated rings. The Labute approximate surface area is 232 Å². The highest BCUT2D eigenvalue weighted by atomic mass is 16.4. The highest BCUT2D eigenvalue weighted by Crippen LogP contribution is 2.34. The number of hydrogen-bond acceptors (Lipinski definition) is 5. The Bertz CT molecular complexity index is 1350. The molecule has 4 N–H and O–H groups in total. The number of fused-ring (bicyclic) bond motifs is 2. The molecule has 0 aliphatic heterocycles. The molecule has 0 heterocycles. The summed E-state index contributed by atoms with van der Waals surface area (Å²) in [5, 5.41) is 30.6. The lowest BCUT2D eigenvalue weighted by Crippen LogP contribution is -2.29. The fourth-order valence-electron chi connectivity index (χ4n) is 4.93. The van der Waals surface area contributed by atoms with E-state index in [9.17, 15) is 19.6 Å². The Morgan fingerprint density at radius 2 is 1.46 bits per heavy atom. The Hall–Kier alpha value is -3.26. The molecule has 3 aromatic rings. The van der Waals surface area contributed by atoms with Crippen molar-refractivity contribution >= 4 is 45.8 Å². The van der Waals surface area contributed by atoms with Crippen LogP contribution in [0.25, 0.3) is 21.5 Å².